The molecule has 4 nitrogen and oxygen atoms in total. The van der Waals surface area contributed by atoms with E-state index in [2.05, 4.69) is 52.8 Å². The highest BCUT2D eigenvalue weighted by Crippen LogP contribution is 2.47. The third-order valence-electron chi connectivity index (χ3n) is 6.54. The van der Waals surface area contributed by atoms with Crippen molar-refractivity contribution in [3.8, 4) is 0 Å². The molecule has 1 aliphatic heterocycles. The summed E-state index contributed by atoms with van der Waals surface area (Å²) in [7, 11) is -0.363. The van der Waals surface area contributed by atoms with Gasteiger partial charge in [0.1, 0.15) is 10.3 Å². The van der Waals surface area contributed by atoms with Crippen molar-refractivity contribution in [2.45, 2.75) is 121 Å². The number of esters is 1. The van der Waals surface area contributed by atoms with Gasteiger partial charge in [-0.3, -0.25) is 4.79 Å². The van der Waals surface area contributed by atoms with Crippen LogP contribution in [0.15, 0.2) is 23.1 Å². The average Bonchev–Trinajstić information content (AvgIpc) is 3.01. The maximum Gasteiger partial charge on any atom is 0.495 e. The smallest absolute Gasteiger partial charge is 0.459 e. The molecule has 0 aromatic heterocycles. The van der Waals surface area contributed by atoms with Gasteiger partial charge < -0.3 is 14.0 Å². The Balaban J connectivity index is 2.26. The van der Waals surface area contributed by atoms with E-state index in [0.29, 0.717) is 0 Å². The van der Waals surface area contributed by atoms with Gasteiger partial charge in [0, 0.05) is 4.90 Å². The summed E-state index contributed by atoms with van der Waals surface area (Å²) < 4.78 is 18.2. The zero-order chi connectivity index (χ0) is 23.7. The minimum Gasteiger partial charge on any atom is -0.459 e. The van der Waals surface area contributed by atoms with Crippen LogP contribution in [0.25, 0.3) is 0 Å². The van der Waals surface area contributed by atoms with Crippen molar-refractivity contribution in [1.82, 2.24) is 0 Å². The molecule has 0 spiro atoms. The predicted molar refractivity (Wildman–Crippen MR) is 131 cm³/mol. The van der Waals surface area contributed by atoms with E-state index in [-0.39, 0.29) is 24.3 Å². The van der Waals surface area contributed by atoms with Gasteiger partial charge in [-0.15, -0.1) is 11.8 Å². The van der Waals surface area contributed by atoms with Crippen molar-refractivity contribution >= 4 is 30.3 Å². The van der Waals surface area contributed by atoms with Crippen molar-refractivity contribution in [2.75, 3.05) is 0 Å². The summed E-state index contributed by atoms with van der Waals surface area (Å²) in [6.07, 6.45) is 3.72. The first kappa shape index (κ1) is 26.3. The Morgan fingerprint density at radius 3 is 1.84 bits per heavy atom. The lowest BCUT2D eigenvalue weighted by Crippen LogP contribution is -2.50. The first-order valence-corrected chi connectivity index (χ1v) is 12.5. The maximum absolute atomic E-state index is 12.6. The second kappa shape index (κ2) is 9.48. The Labute approximate surface area is 194 Å². The van der Waals surface area contributed by atoms with Crippen LogP contribution in [0.1, 0.15) is 93.6 Å². The molecule has 1 aromatic rings. The quantitative estimate of drug-likeness (QED) is 0.275. The van der Waals surface area contributed by atoms with Crippen LogP contribution < -0.4 is 5.46 Å². The van der Waals surface area contributed by atoms with Crippen LogP contribution in [0.3, 0.4) is 0 Å². The highest BCUT2D eigenvalue weighted by Gasteiger charge is 2.58. The fourth-order valence-electron chi connectivity index (χ4n) is 4.61. The first-order valence-electron chi connectivity index (χ1n) is 11.7. The normalized spacial score (nSPS) is 18.3. The minimum atomic E-state index is -0.680. The zero-order valence-electron chi connectivity index (χ0n) is 21.2. The number of thioether (sulfide) groups is 1. The van der Waals surface area contributed by atoms with E-state index < -0.39 is 10.3 Å². The van der Waals surface area contributed by atoms with Gasteiger partial charge in [-0.2, -0.15) is 0 Å². The fourth-order valence-corrected chi connectivity index (χ4v) is 5.70. The van der Waals surface area contributed by atoms with Crippen LogP contribution in [-0.2, 0) is 18.8 Å². The van der Waals surface area contributed by atoms with Crippen molar-refractivity contribution in [3.63, 3.8) is 0 Å². The number of carbonyl (C=O) groups is 1. The van der Waals surface area contributed by atoms with Crippen molar-refractivity contribution in [3.05, 3.63) is 23.8 Å². The summed E-state index contributed by atoms with van der Waals surface area (Å²) in [6.45, 7) is 20.4. The largest absolute Gasteiger partial charge is 0.495 e. The minimum absolute atomic E-state index is 0.208. The highest BCUT2D eigenvalue weighted by atomic mass is 32.2. The molecule has 1 aromatic carbocycles. The molecule has 0 saturated carbocycles. The van der Waals surface area contributed by atoms with Crippen LogP contribution in [0.5, 0.6) is 0 Å². The molecule has 0 aliphatic carbocycles. The average molecular weight is 448 g/mol. The summed E-state index contributed by atoms with van der Waals surface area (Å²) in [5, 5.41) is 0. The van der Waals surface area contributed by atoms with E-state index in [0.717, 1.165) is 41.6 Å². The number of ether oxygens (including phenoxy) is 1. The number of hydrogen-bond acceptors (Lipinski definition) is 5. The van der Waals surface area contributed by atoms with Crippen LogP contribution >= 0.6 is 11.8 Å². The molecular formula is C25H41BO4S. The monoisotopic (exact) mass is 448 g/mol. The lowest BCUT2D eigenvalue weighted by atomic mass is 9.75. The highest BCUT2D eigenvalue weighted by molar-refractivity contribution is 8.01. The van der Waals surface area contributed by atoms with E-state index in [4.69, 9.17) is 14.0 Å². The maximum atomic E-state index is 12.6. The lowest BCUT2D eigenvalue weighted by Gasteiger charge is -2.42. The molecule has 1 fully saturated rings. The lowest BCUT2D eigenvalue weighted by molar-refractivity contribution is -0.156. The molecule has 0 radical (unpaired) electrons. The SMILES string of the molecule is CCC1(CC)OB(c2ccc(SC(C)(C)C(=O)OC(C)(C)C)cc2C)OC1(CC)CC. The summed E-state index contributed by atoms with van der Waals surface area (Å²) in [5.41, 5.74) is 1.15. The van der Waals surface area contributed by atoms with Crippen LogP contribution in [0.2, 0.25) is 0 Å². The number of benzene rings is 1. The van der Waals surface area contributed by atoms with E-state index in [1.807, 2.05) is 34.6 Å². The van der Waals surface area contributed by atoms with Gasteiger partial charge in [-0.1, -0.05) is 39.3 Å². The van der Waals surface area contributed by atoms with Gasteiger partial charge in [0.05, 0.1) is 11.2 Å². The Morgan fingerprint density at radius 2 is 1.45 bits per heavy atom. The van der Waals surface area contributed by atoms with Gasteiger partial charge in [-0.25, -0.2) is 0 Å². The first-order chi connectivity index (χ1) is 14.3. The summed E-state index contributed by atoms with van der Waals surface area (Å²) in [5.74, 6) is -0.208. The molecule has 1 saturated heterocycles. The molecule has 1 heterocycles. The van der Waals surface area contributed by atoms with Crippen LogP contribution in [0, 0.1) is 6.92 Å². The topological polar surface area (TPSA) is 44.8 Å². The second-order valence-electron chi connectivity index (χ2n) is 10.1. The Hall–Kier alpha value is -0.975. The summed E-state index contributed by atoms with van der Waals surface area (Å²) in [4.78, 5) is 13.7. The Morgan fingerprint density at radius 1 is 0.968 bits per heavy atom. The fraction of sp³-hybridized carbons (Fsp3) is 0.720. The molecule has 2 rings (SSSR count). The molecule has 0 N–H and O–H groups in total. The Bertz CT molecular complexity index is 756. The molecule has 0 unspecified atom stereocenters. The number of rotatable bonds is 8. The predicted octanol–water partition coefficient (Wildman–Crippen LogP) is 6.07. The van der Waals surface area contributed by atoms with E-state index >= 15 is 0 Å². The van der Waals surface area contributed by atoms with Crippen LogP contribution in [-0.4, -0.2) is 34.6 Å². The van der Waals surface area contributed by atoms with Gasteiger partial charge in [-0.05, 0) is 84.8 Å². The van der Waals surface area contributed by atoms with Gasteiger partial charge in [0.15, 0.2) is 0 Å². The van der Waals surface area contributed by atoms with E-state index in [9.17, 15) is 4.79 Å². The zero-order valence-corrected chi connectivity index (χ0v) is 22.0. The standard InChI is InChI=1S/C25H41BO4S/c1-11-24(12-2)25(13-3,14-4)30-26(29-24)20-16-15-19(17-18(20)5)31-23(9,10)21(27)28-22(6,7)8/h15-17H,11-14H2,1-10H3. The Kier molecular flexibility index (Phi) is 8.04. The molecule has 1 aliphatic rings. The van der Waals surface area contributed by atoms with Crippen molar-refractivity contribution < 1.29 is 18.8 Å². The second-order valence-corrected chi connectivity index (χ2v) is 11.8. The summed E-state index contributed by atoms with van der Waals surface area (Å²) in [6, 6.07) is 6.27. The van der Waals surface area contributed by atoms with Gasteiger partial charge in [0.25, 0.3) is 0 Å². The van der Waals surface area contributed by atoms with Gasteiger partial charge >= 0.3 is 13.1 Å². The number of carbonyl (C=O) groups excluding carboxylic acids is 1. The molecule has 31 heavy (non-hydrogen) atoms. The van der Waals surface area contributed by atoms with Crippen molar-refractivity contribution in [1.29, 1.82) is 0 Å². The summed E-state index contributed by atoms with van der Waals surface area (Å²) >= 11 is 1.52. The molecule has 174 valence electrons. The number of aryl methyl sites for hydroxylation is 1. The molecule has 0 bridgehead atoms. The third-order valence-corrected chi connectivity index (χ3v) is 7.71. The molecule has 0 atom stereocenters. The molecule has 0 amide bonds. The van der Waals surface area contributed by atoms with Crippen LogP contribution in [0.4, 0.5) is 0 Å². The van der Waals surface area contributed by atoms with Crippen molar-refractivity contribution in [2.24, 2.45) is 0 Å². The van der Waals surface area contributed by atoms with Gasteiger partial charge in [0.2, 0.25) is 0 Å². The molecular weight excluding hydrogens is 407 g/mol. The van der Waals surface area contributed by atoms with E-state index in [1.165, 1.54) is 11.8 Å². The molecule has 6 heteroatoms. The van der Waals surface area contributed by atoms with E-state index in [1.54, 1.807) is 0 Å². The number of hydrogen-bond donors (Lipinski definition) is 0. The third kappa shape index (κ3) is 5.34.